The predicted molar refractivity (Wildman–Crippen MR) is 43.7 cm³/mol. The molecule has 2 N–H and O–H groups in total. The van der Waals surface area contributed by atoms with Gasteiger partial charge in [0.2, 0.25) is 6.29 Å². The highest BCUT2D eigenvalue weighted by Gasteiger charge is 2.07. The highest BCUT2D eigenvalue weighted by atomic mass is 16.8. The van der Waals surface area contributed by atoms with Crippen molar-refractivity contribution in [1.29, 1.82) is 0 Å². The lowest BCUT2D eigenvalue weighted by atomic mass is 10.4. The first-order chi connectivity index (χ1) is 5.83. The summed E-state index contributed by atoms with van der Waals surface area (Å²) in [7, 11) is 0. The van der Waals surface area contributed by atoms with Gasteiger partial charge < -0.3 is 9.84 Å². The quantitative estimate of drug-likeness (QED) is 0.482. The van der Waals surface area contributed by atoms with E-state index in [4.69, 9.17) is 14.7 Å². The monoisotopic (exact) mass is 171 g/mol. The van der Waals surface area contributed by atoms with E-state index in [0.29, 0.717) is 6.42 Å². The van der Waals surface area contributed by atoms with E-state index in [0.717, 1.165) is 0 Å². The number of hydrogen-bond donors (Lipinski definition) is 2. The molecule has 0 spiro atoms. The Morgan fingerprint density at radius 3 is 3.08 bits per heavy atom. The predicted octanol–water partition coefficient (Wildman–Crippen LogP) is 0.662. The topological polar surface area (TPSA) is 50.7 Å². The molecular weight excluding hydrogens is 158 g/mol. The number of aliphatic hydroxyl groups is 1. The summed E-state index contributed by atoms with van der Waals surface area (Å²) in [6, 6.07) is 0. The summed E-state index contributed by atoms with van der Waals surface area (Å²) in [4.78, 5) is 4.98. The standard InChI is InChI=1S/C8H13NO3/c1-2-7(10)9-12-8-5-3-4-6-11-8/h3-10H,2H2,1H3. The fourth-order valence-corrected chi connectivity index (χ4v) is 0.664. The van der Waals surface area contributed by atoms with Crippen molar-refractivity contribution < 1.29 is 14.7 Å². The Hall–Kier alpha value is -0.840. The zero-order valence-corrected chi connectivity index (χ0v) is 6.93. The number of aliphatic hydroxyl groups excluding tert-OH is 1. The molecule has 0 fully saturated rings. The van der Waals surface area contributed by atoms with Crippen LogP contribution in [0.5, 0.6) is 0 Å². The lowest BCUT2D eigenvalue weighted by Gasteiger charge is -2.17. The van der Waals surface area contributed by atoms with Gasteiger partial charge in [-0.05, 0) is 18.6 Å². The minimum Gasteiger partial charge on any atom is -0.467 e. The van der Waals surface area contributed by atoms with Crippen molar-refractivity contribution in [2.75, 3.05) is 0 Å². The minimum atomic E-state index is -0.645. The SMILES string of the molecule is CCC(O)NOC1C=CC=CO1. The zero-order valence-electron chi connectivity index (χ0n) is 6.93. The molecule has 4 heteroatoms. The van der Waals surface area contributed by atoms with E-state index in [2.05, 4.69) is 5.48 Å². The fourth-order valence-electron chi connectivity index (χ4n) is 0.664. The van der Waals surface area contributed by atoms with Crippen LogP contribution in [0.1, 0.15) is 13.3 Å². The Morgan fingerprint density at radius 2 is 2.50 bits per heavy atom. The van der Waals surface area contributed by atoms with E-state index in [1.165, 1.54) is 6.26 Å². The van der Waals surface area contributed by atoms with Crippen LogP contribution in [0.2, 0.25) is 0 Å². The molecule has 0 aromatic heterocycles. The molecule has 4 nitrogen and oxygen atoms in total. The molecule has 1 aliphatic heterocycles. The van der Waals surface area contributed by atoms with E-state index in [9.17, 15) is 0 Å². The van der Waals surface area contributed by atoms with Crippen LogP contribution in [0.15, 0.2) is 24.5 Å². The van der Waals surface area contributed by atoms with Crippen molar-refractivity contribution in [1.82, 2.24) is 5.48 Å². The second-order valence-electron chi connectivity index (χ2n) is 2.38. The third-order valence-electron chi connectivity index (χ3n) is 1.38. The second kappa shape index (κ2) is 4.92. The van der Waals surface area contributed by atoms with Crippen molar-refractivity contribution in [3.8, 4) is 0 Å². The van der Waals surface area contributed by atoms with E-state index in [-0.39, 0.29) is 0 Å². The van der Waals surface area contributed by atoms with E-state index in [1.807, 2.05) is 13.0 Å². The molecule has 0 aromatic rings. The highest BCUT2D eigenvalue weighted by molar-refractivity contribution is 5.05. The van der Waals surface area contributed by atoms with Gasteiger partial charge in [0.15, 0.2) is 0 Å². The number of rotatable bonds is 4. The van der Waals surface area contributed by atoms with Crippen molar-refractivity contribution in [2.45, 2.75) is 25.9 Å². The molecule has 1 heterocycles. The van der Waals surface area contributed by atoms with Crippen molar-refractivity contribution in [3.05, 3.63) is 24.5 Å². The number of hydrogen-bond acceptors (Lipinski definition) is 4. The van der Waals surface area contributed by atoms with Gasteiger partial charge in [0.1, 0.15) is 6.23 Å². The summed E-state index contributed by atoms with van der Waals surface area (Å²) < 4.78 is 5.01. The van der Waals surface area contributed by atoms with Gasteiger partial charge in [-0.15, -0.1) is 0 Å². The number of ether oxygens (including phenoxy) is 1. The molecule has 0 aliphatic carbocycles. The van der Waals surface area contributed by atoms with Gasteiger partial charge in [-0.2, -0.15) is 5.48 Å². The van der Waals surface area contributed by atoms with Gasteiger partial charge in [-0.3, -0.25) is 4.84 Å². The average Bonchev–Trinajstić information content (AvgIpc) is 2.16. The summed E-state index contributed by atoms with van der Waals surface area (Å²) in [5, 5.41) is 9.05. The van der Waals surface area contributed by atoms with Crippen LogP contribution in [0.4, 0.5) is 0 Å². The Morgan fingerprint density at radius 1 is 1.67 bits per heavy atom. The van der Waals surface area contributed by atoms with E-state index < -0.39 is 12.5 Å². The molecule has 0 bridgehead atoms. The van der Waals surface area contributed by atoms with E-state index in [1.54, 1.807) is 12.2 Å². The van der Waals surface area contributed by atoms with E-state index >= 15 is 0 Å². The van der Waals surface area contributed by atoms with Crippen LogP contribution in [0.3, 0.4) is 0 Å². The minimum absolute atomic E-state index is 0.448. The summed E-state index contributed by atoms with van der Waals surface area (Å²) >= 11 is 0. The summed E-state index contributed by atoms with van der Waals surface area (Å²) in [6.07, 6.45) is 6.33. The first-order valence-electron chi connectivity index (χ1n) is 3.91. The molecule has 2 unspecified atom stereocenters. The third-order valence-corrected chi connectivity index (χ3v) is 1.38. The smallest absolute Gasteiger partial charge is 0.236 e. The number of nitrogens with one attached hydrogen (secondary N) is 1. The maximum absolute atomic E-state index is 9.05. The summed E-state index contributed by atoms with van der Waals surface area (Å²) in [5.41, 5.74) is 2.45. The maximum Gasteiger partial charge on any atom is 0.236 e. The van der Waals surface area contributed by atoms with Crippen molar-refractivity contribution in [3.63, 3.8) is 0 Å². The molecule has 0 saturated heterocycles. The largest absolute Gasteiger partial charge is 0.467 e. The maximum atomic E-state index is 9.05. The molecule has 68 valence electrons. The van der Waals surface area contributed by atoms with Gasteiger partial charge in [-0.25, -0.2) is 0 Å². The van der Waals surface area contributed by atoms with Gasteiger partial charge >= 0.3 is 0 Å². The summed E-state index contributed by atoms with van der Waals surface area (Å²) in [5.74, 6) is 0. The molecule has 12 heavy (non-hydrogen) atoms. The molecule has 1 rings (SSSR count). The van der Waals surface area contributed by atoms with Crippen LogP contribution in [0.25, 0.3) is 0 Å². The molecule has 0 aromatic carbocycles. The van der Waals surface area contributed by atoms with Crippen molar-refractivity contribution in [2.24, 2.45) is 0 Å². The average molecular weight is 171 g/mol. The molecular formula is C8H13NO3. The van der Waals surface area contributed by atoms with Crippen LogP contribution >= 0.6 is 0 Å². The van der Waals surface area contributed by atoms with Gasteiger partial charge in [0, 0.05) is 0 Å². The Kier molecular flexibility index (Phi) is 3.79. The van der Waals surface area contributed by atoms with Crippen LogP contribution in [-0.2, 0) is 9.57 Å². The van der Waals surface area contributed by atoms with Gasteiger partial charge in [-0.1, -0.05) is 13.0 Å². The van der Waals surface area contributed by atoms with Gasteiger partial charge in [0.25, 0.3) is 0 Å². The third kappa shape index (κ3) is 3.04. The summed E-state index contributed by atoms with van der Waals surface area (Å²) in [6.45, 7) is 1.85. The van der Waals surface area contributed by atoms with Crippen LogP contribution in [0, 0.1) is 0 Å². The molecule has 0 amide bonds. The second-order valence-corrected chi connectivity index (χ2v) is 2.38. The van der Waals surface area contributed by atoms with Gasteiger partial charge in [0.05, 0.1) is 6.26 Å². The highest BCUT2D eigenvalue weighted by Crippen LogP contribution is 2.02. The Balaban J connectivity index is 2.15. The number of hydroxylamine groups is 1. The van der Waals surface area contributed by atoms with Crippen LogP contribution < -0.4 is 5.48 Å². The lowest BCUT2D eigenvalue weighted by molar-refractivity contribution is -0.162. The Bertz CT molecular complexity index is 179. The first-order valence-corrected chi connectivity index (χ1v) is 3.91. The molecule has 0 saturated carbocycles. The van der Waals surface area contributed by atoms with Crippen molar-refractivity contribution >= 4 is 0 Å². The van der Waals surface area contributed by atoms with Crippen LogP contribution in [-0.4, -0.2) is 17.6 Å². The first kappa shape index (κ1) is 9.25. The number of allylic oxidation sites excluding steroid dienone is 2. The molecule has 0 radical (unpaired) electrons. The Labute approximate surface area is 71.4 Å². The normalized spacial score (nSPS) is 23.7. The zero-order chi connectivity index (χ0) is 8.81. The molecule has 1 aliphatic rings. The fraction of sp³-hybridized carbons (Fsp3) is 0.500. The lowest BCUT2D eigenvalue weighted by Crippen LogP contribution is -2.32. The molecule has 2 atom stereocenters.